The van der Waals surface area contributed by atoms with Crippen LogP contribution in [0.1, 0.15) is 6.92 Å². The molecule has 1 heterocycles. The van der Waals surface area contributed by atoms with Gasteiger partial charge in [0.25, 0.3) is 0 Å². The van der Waals surface area contributed by atoms with Crippen molar-refractivity contribution in [2.24, 2.45) is 0 Å². The largest absolute Gasteiger partial charge is 0.347 e. The van der Waals surface area contributed by atoms with Gasteiger partial charge in [-0.1, -0.05) is 23.5 Å². The zero-order valence-corrected chi connectivity index (χ0v) is 12.3. The molecule has 0 aliphatic heterocycles. The summed E-state index contributed by atoms with van der Waals surface area (Å²) in [5.74, 6) is 0.138. The van der Waals surface area contributed by atoms with Gasteiger partial charge >= 0.3 is 0 Å². The van der Waals surface area contributed by atoms with Crippen molar-refractivity contribution in [2.45, 2.75) is 13.0 Å². The average Bonchev–Trinajstić information content (AvgIpc) is 2.68. The molecule has 2 aromatic rings. The molecule has 0 saturated heterocycles. The molecule has 0 bridgehead atoms. The van der Waals surface area contributed by atoms with E-state index in [2.05, 4.69) is 4.98 Å². The van der Waals surface area contributed by atoms with Gasteiger partial charge in [-0.2, -0.15) is 0 Å². The third kappa shape index (κ3) is 3.00. The lowest BCUT2D eigenvalue weighted by atomic mass is 10.3. The van der Waals surface area contributed by atoms with Crippen LogP contribution in [0, 0.1) is 0 Å². The van der Waals surface area contributed by atoms with E-state index < -0.39 is 9.84 Å². The first-order valence-corrected chi connectivity index (χ1v) is 8.50. The van der Waals surface area contributed by atoms with Crippen molar-refractivity contribution in [3.8, 4) is 0 Å². The Kier molecular flexibility index (Phi) is 3.59. The fraction of sp³-hybridized carbons (Fsp3) is 0.417. The van der Waals surface area contributed by atoms with Crippen molar-refractivity contribution < 1.29 is 8.42 Å². The van der Waals surface area contributed by atoms with Crippen LogP contribution in [0.4, 0.5) is 5.13 Å². The summed E-state index contributed by atoms with van der Waals surface area (Å²) in [4.78, 5) is 6.44. The third-order valence-corrected chi connectivity index (χ3v) is 5.00. The number of aromatic nitrogens is 1. The molecule has 0 fully saturated rings. The van der Waals surface area contributed by atoms with Crippen LogP contribution >= 0.6 is 11.3 Å². The van der Waals surface area contributed by atoms with E-state index in [-0.39, 0.29) is 11.8 Å². The molecule has 98 valence electrons. The lowest BCUT2D eigenvalue weighted by Crippen LogP contribution is -2.34. The molecule has 0 spiro atoms. The average molecular weight is 284 g/mol. The van der Waals surface area contributed by atoms with Gasteiger partial charge in [0.2, 0.25) is 0 Å². The first-order chi connectivity index (χ1) is 8.37. The maximum Gasteiger partial charge on any atom is 0.186 e. The number of rotatable bonds is 4. The molecule has 0 N–H and O–H groups in total. The second kappa shape index (κ2) is 4.85. The predicted octanol–water partition coefficient (Wildman–Crippen LogP) is 2.17. The van der Waals surface area contributed by atoms with Crippen LogP contribution in [0.3, 0.4) is 0 Å². The molecule has 1 atom stereocenters. The Morgan fingerprint density at radius 1 is 1.39 bits per heavy atom. The molecule has 1 unspecified atom stereocenters. The van der Waals surface area contributed by atoms with Crippen LogP contribution in [0.25, 0.3) is 10.2 Å². The van der Waals surface area contributed by atoms with Crippen LogP contribution in [0.2, 0.25) is 0 Å². The van der Waals surface area contributed by atoms with Gasteiger partial charge in [0, 0.05) is 19.3 Å². The summed E-state index contributed by atoms with van der Waals surface area (Å²) < 4.78 is 23.7. The van der Waals surface area contributed by atoms with E-state index in [0.29, 0.717) is 0 Å². The summed E-state index contributed by atoms with van der Waals surface area (Å²) in [7, 11) is -1.09. The van der Waals surface area contributed by atoms with Gasteiger partial charge in [-0.05, 0) is 19.1 Å². The first-order valence-electron chi connectivity index (χ1n) is 5.63. The maximum atomic E-state index is 11.3. The highest BCUT2D eigenvalue weighted by Gasteiger charge is 2.18. The third-order valence-electron chi connectivity index (χ3n) is 2.79. The molecule has 0 radical (unpaired) electrons. The Balaban J connectivity index is 2.25. The maximum absolute atomic E-state index is 11.3. The van der Waals surface area contributed by atoms with Crippen LogP contribution in [-0.4, -0.2) is 38.5 Å². The van der Waals surface area contributed by atoms with Crippen LogP contribution in [0.5, 0.6) is 0 Å². The smallest absolute Gasteiger partial charge is 0.186 e. The molecule has 2 rings (SSSR count). The molecule has 6 heteroatoms. The summed E-state index contributed by atoms with van der Waals surface area (Å²) in [6.07, 6.45) is 1.26. The standard InChI is InChI=1S/C12H16N2O2S2/c1-9(8-18(3,15)16)14(2)12-13-10-6-4-5-7-11(10)17-12/h4-7,9H,8H2,1-3H3. The Hall–Kier alpha value is -1.14. The van der Waals surface area contributed by atoms with Crippen molar-refractivity contribution >= 4 is 36.5 Å². The fourth-order valence-corrected chi connectivity index (χ4v) is 3.88. The second-order valence-electron chi connectivity index (χ2n) is 4.52. The van der Waals surface area contributed by atoms with Crippen LogP contribution in [-0.2, 0) is 9.84 Å². The van der Waals surface area contributed by atoms with E-state index in [1.54, 1.807) is 11.3 Å². The number of hydrogen-bond donors (Lipinski definition) is 0. The molecular formula is C12H16N2O2S2. The van der Waals surface area contributed by atoms with Gasteiger partial charge in [0.1, 0.15) is 9.84 Å². The Morgan fingerprint density at radius 2 is 2.06 bits per heavy atom. The Bertz CT molecular complexity index is 616. The molecule has 0 aliphatic carbocycles. The van der Waals surface area contributed by atoms with Crippen molar-refractivity contribution in [1.82, 2.24) is 4.98 Å². The highest BCUT2D eigenvalue weighted by Crippen LogP contribution is 2.28. The minimum absolute atomic E-state index is 0.0828. The van der Waals surface area contributed by atoms with Gasteiger partial charge in [0.05, 0.1) is 16.0 Å². The monoisotopic (exact) mass is 284 g/mol. The number of anilines is 1. The molecule has 4 nitrogen and oxygen atoms in total. The number of sulfone groups is 1. The van der Waals surface area contributed by atoms with E-state index in [1.807, 2.05) is 43.1 Å². The van der Waals surface area contributed by atoms with Crippen LogP contribution in [0.15, 0.2) is 24.3 Å². The molecule has 0 saturated carbocycles. The number of fused-ring (bicyclic) bond motifs is 1. The van der Waals surface area contributed by atoms with Crippen molar-refractivity contribution in [2.75, 3.05) is 24.0 Å². The zero-order valence-electron chi connectivity index (χ0n) is 10.6. The molecule has 0 amide bonds. The second-order valence-corrected chi connectivity index (χ2v) is 7.71. The molecule has 0 aliphatic rings. The van der Waals surface area contributed by atoms with E-state index in [0.717, 1.165) is 15.3 Å². The van der Waals surface area contributed by atoms with Crippen molar-refractivity contribution in [3.63, 3.8) is 0 Å². The van der Waals surface area contributed by atoms with Crippen LogP contribution < -0.4 is 4.90 Å². The van der Waals surface area contributed by atoms with Gasteiger partial charge in [-0.25, -0.2) is 13.4 Å². The van der Waals surface area contributed by atoms with E-state index in [9.17, 15) is 8.42 Å². The van der Waals surface area contributed by atoms with Gasteiger partial charge in [-0.3, -0.25) is 0 Å². The predicted molar refractivity (Wildman–Crippen MR) is 77.2 cm³/mol. The number of hydrogen-bond acceptors (Lipinski definition) is 5. The quantitative estimate of drug-likeness (QED) is 0.863. The highest BCUT2D eigenvalue weighted by atomic mass is 32.2. The lowest BCUT2D eigenvalue weighted by molar-refractivity contribution is 0.593. The normalized spacial score (nSPS) is 13.7. The van der Waals surface area contributed by atoms with Gasteiger partial charge in [-0.15, -0.1) is 0 Å². The topological polar surface area (TPSA) is 50.3 Å². The van der Waals surface area contributed by atoms with E-state index >= 15 is 0 Å². The summed E-state index contributed by atoms with van der Waals surface area (Å²) in [6.45, 7) is 1.90. The first kappa shape index (κ1) is 13.3. The van der Waals surface area contributed by atoms with E-state index in [4.69, 9.17) is 0 Å². The number of nitrogens with zero attached hydrogens (tertiary/aromatic N) is 2. The molecule has 1 aromatic carbocycles. The summed E-state index contributed by atoms with van der Waals surface area (Å²) in [5, 5.41) is 0.854. The Morgan fingerprint density at radius 3 is 2.67 bits per heavy atom. The Labute approximate surface area is 111 Å². The summed E-state index contributed by atoms with van der Waals surface area (Å²) >= 11 is 1.58. The summed E-state index contributed by atoms with van der Waals surface area (Å²) in [6, 6.07) is 7.83. The number of thiazole rings is 1. The SMILES string of the molecule is CC(CS(C)(=O)=O)N(C)c1nc2ccccc2s1. The number of benzene rings is 1. The molecule has 18 heavy (non-hydrogen) atoms. The van der Waals surface area contributed by atoms with Crippen molar-refractivity contribution in [3.05, 3.63) is 24.3 Å². The van der Waals surface area contributed by atoms with Crippen molar-refractivity contribution in [1.29, 1.82) is 0 Å². The molecule has 1 aromatic heterocycles. The fourth-order valence-electron chi connectivity index (χ4n) is 1.75. The van der Waals surface area contributed by atoms with E-state index in [1.165, 1.54) is 6.26 Å². The molecular weight excluding hydrogens is 268 g/mol. The highest BCUT2D eigenvalue weighted by molar-refractivity contribution is 7.90. The minimum atomic E-state index is -2.97. The lowest BCUT2D eigenvalue weighted by Gasteiger charge is -2.23. The van der Waals surface area contributed by atoms with Gasteiger partial charge in [0.15, 0.2) is 5.13 Å². The zero-order chi connectivity index (χ0) is 13.3. The minimum Gasteiger partial charge on any atom is -0.347 e. The summed E-state index contributed by atoms with van der Waals surface area (Å²) in [5.41, 5.74) is 0.955. The number of para-hydroxylation sites is 1. The van der Waals surface area contributed by atoms with Gasteiger partial charge < -0.3 is 4.90 Å².